The van der Waals surface area contributed by atoms with E-state index in [9.17, 15) is 14.7 Å². The maximum Gasteiger partial charge on any atom is 0.337 e. The summed E-state index contributed by atoms with van der Waals surface area (Å²) in [6.45, 7) is 5.74. The van der Waals surface area contributed by atoms with Gasteiger partial charge in [-0.05, 0) is 74.1 Å². The highest BCUT2D eigenvalue weighted by Crippen LogP contribution is 2.45. The van der Waals surface area contributed by atoms with Gasteiger partial charge in [-0.15, -0.1) is 0 Å². The van der Waals surface area contributed by atoms with Crippen LogP contribution in [0.25, 0.3) is 5.69 Å². The molecular weight excluding hydrogens is 538 g/mol. The number of pyridine rings is 1. The van der Waals surface area contributed by atoms with Gasteiger partial charge in [0.1, 0.15) is 5.75 Å². The number of hydrogen-bond donors (Lipinski definition) is 3. The van der Waals surface area contributed by atoms with Crippen LogP contribution in [0.2, 0.25) is 0 Å². The summed E-state index contributed by atoms with van der Waals surface area (Å²) in [6.07, 6.45) is 2.10. The molecule has 1 fully saturated rings. The number of nitrogens with one attached hydrogen (secondary N) is 2. The van der Waals surface area contributed by atoms with Gasteiger partial charge >= 0.3 is 5.97 Å². The zero-order valence-corrected chi connectivity index (χ0v) is 24.0. The third-order valence-corrected chi connectivity index (χ3v) is 7.64. The number of carbonyl (C=O) groups excluding carboxylic acids is 1. The minimum absolute atomic E-state index is 0.114. The van der Waals surface area contributed by atoms with Gasteiger partial charge in [0, 0.05) is 35.8 Å². The molecule has 2 atom stereocenters. The van der Waals surface area contributed by atoms with Crippen molar-refractivity contribution in [1.82, 2.24) is 14.9 Å². The van der Waals surface area contributed by atoms with Crippen molar-refractivity contribution >= 4 is 40.6 Å². The SMILES string of the molecule is CCC(=O)Nc1ccc(N2C(=S)NC(c3ccccn3)C2c2cc(C)n(-c3ccccc3C(=O)O)c2C)cc1OC. The monoisotopic (exact) mass is 569 g/mol. The lowest BCUT2D eigenvalue weighted by atomic mass is 9.96. The van der Waals surface area contributed by atoms with Crippen LogP contribution < -0.4 is 20.3 Å². The highest BCUT2D eigenvalue weighted by atomic mass is 32.1. The number of carboxylic acid groups (broad SMARTS) is 1. The summed E-state index contributed by atoms with van der Waals surface area (Å²) < 4.78 is 7.61. The molecule has 0 bridgehead atoms. The number of aromatic nitrogens is 2. The predicted molar refractivity (Wildman–Crippen MR) is 162 cm³/mol. The Labute approximate surface area is 243 Å². The Morgan fingerprint density at radius 1 is 1.10 bits per heavy atom. The summed E-state index contributed by atoms with van der Waals surface area (Å²) in [5, 5.41) is 16.7. The number of benzene rings is 2. The molecule has 10 heteroatoms. The Hall–Kier alpha value is -4.70. The molecule has 41 heavy (non-hydrogen) atoms. The number of methoxy groups -OCH3 is 1. The Morgan fingerprint density at radius 2 is 1.85 bits per heavy atom. The van der Waals surface area contributed by atoms with E-state index >= 15 is 0 Å². The molecule has 0 saturated carbocycles. The molecule has 5 rings (SSSR count). The zero-order chi connectivity index (χ0) is 29.3. The molecule has 0 radical (unpaired) electrons. The summed E-state index contributed by atoms with van der Waals surface area (Å²) in [5.41, 5.74) is 5.71. The lowest BCUT2D eigenvalue weighted by Gasteiger charge is -2.29. The first-order valence-electron chi connectivity index (χ1n) is 13.2. The van der Waals surface area contributed by atoms with Crippen LogP contribution in [-0.2, 0) is 4.79 Å². The number of amides is 1. The van der Waals surface area contributed by atoms with E-state index < -0.39 is 5.97 Å². The van der Waals surface area contributed by atoms with Crippen molar-refractivity contribution in [2.75, 3.05) is 17.3 Å². The number of hydrogen-bond acceptors (Lipinski definition) is 5. The maximum absolute atomic E-state index is 12.1. The number of aromatic carboxylic acids is 1. The molecule has 2 aromatic carbocycles. The number of para-hydroxylation sites is 1. The standard InChI is InChI=1S/C31H31N5O4S/c1-5-27(37)33-23-14-13-20(17-26(23)40-4)36-29(28(34-31(36)41)24-11-8-9-15-32-24)22-16-18(2)35(19(22)3)25-12-7-6-10-21(25)30(38)39/h6-17,28-29H,5H2,1-4H3,(H,33,37)(H,34,41)(H,38,39). The maximum atomic E-state index is 12.1. The van der Waals surface area contributed by atoms with E-state index in [4.69, 9.17) is 17.0 Å². The first-order chi connectivity index (χ1) is 19.7. The van der Waals surface area contributed by atoms with Crippen LogP contribution in [0.15, 0.2) is 72.9 Å². The summed E-state index contributed by atoms with van der Waals surface area (Å²) in [5.74, 6) is -0.599. The predicted octanol–water partition coefficient (Wildman–Crippen LogP) is 5.72. The second-order valence-electron chi connectivity index (χ2n) is 9.77. The largest absolute Gasteiger partial charge is 0.494 e. The number of carbonyl (C=O) groups is 2. The van der Waals surface area contributed by atoms with Gasteiger partial charge in [0.2, 0.25) is 5.91 Å². The summed E-state index contributed by atoms with van der Waals surface area (Å²) >= 11 is 5.90. The number of aryl methyl sites for hydroxylation is 1. The quantitative estimate of drug-likeness (QED) is 0.231. The molecule has 2 unspecified atom stereocenters. The molecule has 9 nitrogen and oxygen atoms in total. The number of carboxylic acids is 1. The molecule has 0 aliphatic carbocycles. The van der Waals surface area contributed by atoms with Crippen LogP contribution in [0.4, 0.5) is 11.4 Å². The Balaban J connectivity index is 1.67. The summed E-state index contributed by atoms with van der Waals surface area (Å²) in [7, 11) is 1.56. The van der Waals surface area contributed by atoms with Crippen molar-refractivity contribution in [2.45, 2.75) is 39.3 Å². The highest BCUT2D eigenvalue weighted by molar-refractivity contribution is 7.80. The number of rotatable bonds is 8. The van der Waals surface area contributed by atoms with Crippen LogP contribution in [0.1, 0.15) is 58.4 Å². The molecule has 1 aliphatic rings. The molecule has 0 spiro atoms. The topological polar surface area (TPSA) is 109 Å². The first-order valence-corrected chi connectivity index (χ1v) is 13.7. The van der Waals surface area contributed by atoms with Crippen LogP contribution in [0.5, 0.6) is 5.75 Å². The minimum Gasteiger partial charge on any atom is -0.494 e. The molecule has 1 aliphatic heterocycles. The van der Waals surface area contributed by atoms with E-state index in [0.717, 1.165) is 28.3 Å². The van der Waals surface area contributed by atoms with Crippen molar-refractivity contribution in [2.24, 2.45) is 0 Å². The number of nitrogens with zero attached hydrogens (tertiary/aromatic N) is 3. The molecule has 3 heterocycles. The van der Waals surface area contributed by atoms with Crippen molar-refractivity contribution in [3.63, 3.8) is 0 Å². The van der Waals surface area contributed by atoms with Gasteiger partial charge in [-0.1, -0.05) is 25.1 Å². The lowest BCUT2D eigenvalue weighted by Crippen LogP contribution is -2.29. The van der Waals surface area contributed by atoms with Gasteiger partial charge in [0.15, 0.2) is 5.11 Å². The van der Waals surface area contributed by atoms with Gasteiger partial charge in [0.25, 0.3) is 0 Å². The average molecular weight is 570 g/mol. The fourth-order valence-electron chi connectivity index (χ4n) is 5.43. The number of thiocarbonyl (C=S) groups is 1. The normalized spacial score (nSPS) is 16.4. The number of ether oxygens (including phenoxy) is 1. The molecule has 1 saturated heterocycles. The van der Waals surface area contributed by atoms with Gasteiger partial charge in [0.05, 0.1) is 41.8 Å². The van der Waals surface area contributed by atoms with Gasteiger partial charge < -0.3 is 29.9 Å². The third kappa shape index (κ3) is 5.14. The summed E-state index contributed by atoms with van der Waals surface area (Å²) in [6, 6.07) is 19.8. The number of anilines is 2. The van der Waals surface area contributed by atoms with E-state index in [2.05, 4.69) is 21.7 Å². The van der Waals surface area contributed by atoms with Crippen LogP contribution in [0, 0.1) is 13.8 Å². The summed E-state index contributed by atoms with van der Waals surface area (Å²) in [4.78, 5) is 30.8. The Kier molecular flexibility index (Phi) is 7.76. The van der Waals surface area contributed by atoms with Crippen LogP contribution >= 0.6 is 12.2 Å². The van der Waals surface area contributed by atoms with Crippen molar-refractivity contribution in [3.8, 4) is 11.4 Å². The molecule has 4 aromatic rings. The fourth-order valence-corrected chi connectivity index (χ4v) is 5.77. The van der Waals surface area contributed by atoms with Crippen molar-refractivity contribution < 1.29 is 19.4 Å². The van der Waals surface area contributed by atoms with E-state index in [1.165, 1.54) is 0 Å². The first kappa shape index (κ1) is 27.9. The van der Waals surface area contributed by atoms with E-state index in [1.807, 2.05) is 71.8 Å². The van der Waals surface area contributed by atoms with Crippen molar-refractivity contribution in [3.05, 3.63) is 101 Å². The highest BCUT2D eigenvalue weighted by Gasteiger charge is 2.42. The Morgan fingerprint density at radius 3 is 2.54 bits per heavy atom. The fraction of sp³-hybridized carbons (Fsp3) is 0.226. The van der Waals surface area contributed by atoms with Crippen LogP contribution in [-0.4, -0.2) is 38.8 Å². The molecule has 1 amide bonds. The van der Waals surface area contributed by atoms with E-state index in [0.29, 0.717) is 28.7 Å². The lowest BCUT2D eigenvalue weighted by molar-refractivity contribution is -0.115. The second kappa shape index (κ2) is 11.4. The molecular formula is C31H31N5O4S. The second-order valence-corrected chi connectivity index (χ2v) is 10.2. The smallest absolute Gasteiger partial charge is 0.337 e. The third-order valence-electron chi connectivity index (χ3n) is 7.32. The van der Waals surface area contributed by atoms with E-state index in [-0.39, 0.29) is 23.6 Å². The molecule has 2 aromatic heterocycles. The van der Waals surface area contributed by atoms with Crippen LogP contribution in [0.3, 0.4) is 0 Å². The minimum atomic E-state index is -0.992. The van der Waals surface area contributed by atoms with Gasteiger partial charge in [-0.2, -0.15) is 0 Å². The zero-order valence-electron chi connectivity index (χ0n) is 23.2. The Bertz CT molecular complexity index is 1630. The van der Waals surface area contributed by atoms with Crippen molar-refractivity contribution in [1.29, 1.82) is 0 Å². The average Bonchev–Trinajstić information content (AvgIpc) is 3.48. The molecule has 3 N–H and O–H groups in total. The van der Waals surface area contributed by atoms with E-state index in [1.54, 1.807) is 32.4 Å². The molecule has 210 valence electrons. The van der Waals surface area contributed by atoms with Gasteiger partial charge in [-0.3, -0.25) is 9.78 Å². The van der Waals surface area contributed by atoms with Gasteiger partial charge in [-0.25, -0.2) is 4.79 Å².